The Bertz CT molecular complexity index is 995. The third kappa shape index (κ3) is 4.53. The van der Waals surface area contributed by atoms with Crippen LogP contribution in [0.3, 0.4) is 0 Å². The number of hydrogen-bond donors (Lipinski definition) is 4. The fourth-order valence-electron chi connectivity index (χ4n) is 3.27. The summed E-state index contributed by atoms with van der Waals surface area (Å²) in [6.45, 7) is -0.442. The number of thiazole rings is 1. The van der Waals surface area contributed by atoms with Crippen LogP contribution in [0.25, 0.3) is 0 Å². The van der Waals surface area contributed by atoms with Crippen molar-refractivity contribution >= 4 is 52.1 Å². The number of aliphatic carboxylic acids is 1. The van der Waals surface area contributed by atoms with E-state index in [2.05, 4.69) is 20.3 Å². The summed E-state index contributed by atoms with van der Waals surface area (Å²) in [5.74, 6) is -2.85. The Kier molecular flexibility index (Phi) is 6.42. The lowest BCUT2D eigenvalue weighted by molar-refractivity contribution is -0.145. The van der Waals surface area contributed by atoms with Gasteiger partial charge in [-0.2, -0.15) is 0 Å². The highest BCUT2D eigenvalue weighted by Crippen LogP contribution is 2.25. The van der Waals surface area contributed by atoms with Crippen LogP contribution in [0.4, 0.5) is 14.7 Å². The van der Waals surface area contributed by atoms with Gasteiger partial charge in [0.2, 0.25) is 0 Å². The molecular weight excluding hydrogens is 450 g/mol. The van der Waals surface area contributed by atoms with Crippen LogP contribution in [0.5, 0.6) is 0 Å². The van der Waals surface area contributed by atoms with Crippen LogP contribution in [-0.4, -0.2) is 93.9 Å². The SMILES string of the molecule is CON=C(C(=O)N[C@H]1CN(C(=O)N2C[C@@H](OC(N)=O)C[C@H]2C(=O)O)C1=O)c1csc(N)n1. The van der Waals surface area contributed by atoms with Gasteiger partial charge in [0.1, 0.15) is 31.0 Å². The number of primary amides is 1. The summed E-state index contributed by atoms with van der Waals surface area (Å²) in [5.41, 5.74) is 10.4. The Morgan fingerprint density at radius 1 is 1.34 bits per heavy atom. The predicted octanol–water partition coefficient (Wildman–Crippen LogP) is -1.85. The van der Waals surface area contributed by atoms with Gasteiger partial charge in [-0.15, -0.1) is 11.3 Å². The fraction of sp³-hybridized carbons (Fsp3) is 0.438. The number of β-lactam (4-membered cyclic amide) rings is 1. The summed E-state index contributed by atoms with van der Waals surface area (Å²) in [6.07, 6.45) is -2.19. The van der Waals surface area contributed by atoms with E-state index in [1.165, 1.54) is 12.5 Å². The van der Waals surface area contributed by atoms with Crippen molar-refractivity contribution in [1.29, 1.82) is 0 Å². The van der Waals surface area contributed by atoms with Crippen molar-refractivity contribution in [1.82, 2.24) is 20.1 Å². The number of carboxylic acids is 1. The molecule has 0 radical (unpaired) electrons. The molecule has 2 fully saturated rings. The molecule has 0 aliphatic carbocycles. The summed E-state index contributed by atoms with van der Waals surface area (Å²) in [7, 11) is 1.22. The second kappa shape index (κ2) is 9.04. The average Bonchev–Trinajstić information content (AvgIpc) is 3.34. The lowest BCUT2D eigenvalue weighted by atomic mass is 10.1. The molecule has 0 saturated carbocycles. The maximum Gasteiger partial charge on any atom is 0.404 e. The van der Waals surface area contributed by atoms with Crippen molar-refractivity contribution < 1.29 is 38.7 Å². The maximum atomic E-state index is 12.7. The molecule has 0 unspecified atom stereocenters. The Balaban J connectivity index is 1.63. The third-order valence-corrected chi connectivity index (χ3v) is 5.38. The molecule has 2 saturated heterocycles. The molecule has 1 aromatic rings. The Morgan fingerprint density at radius 2 is 2.06 bits per heavy atom. The molecule has 16 heteroatoms. The number of amides is 5. The number of imide groups is 1. The third-order valence-electron chi connectivity index (χ3n) is 4.70. The molecule has 32 heavy (non-hydrogen) atoms. The van der Waals surface area contributed by atoms with Gasteiger partial charge in [-0.3, -0.25) is 14.5 Å². The van der Waals surface area contributed by atoms with E-state index < -0.39 is 48.1 Å². The van der Waals surface area contributed by atoms with Crippen molar-refractivity contribution in [2.24, 2.45) is 10.9 Å². The Morgan fingerprint density at radius 3 is 2.59 bits per heavy atom. The number of oxime groups is 1. The molecule has 2 aliphatic rings. The van der Waals surface area contributed by atoms with E-state index in [1.807, 2.05) is 0 Å². The van der Waals surface area contributed by atoms with Gasteiger partial charge in [-0.1, -0.05) is 5.16 Å². The van der Waals surface area contributed by atoms with E-state index in [-0.39, 0.29) is 36.0 Å². The molecule has 6 N–H and O–H groups in total. The lowest BCUT2D eigenvalue weighted by Crippen LogP contribution is -2.68. The van der Waals surface area contributed by atoms with Gasteiger partial charge >= 0.3 is 18.1 Å². The minimum absolute atomic E-state index is 0.147. The number of carbonyl (C=O) groups is 5. The van der Waals surface area contributed by atoms with Gasteiger partial charge < -0.3 is 36.4 Å². The molecule has 0 aromatic carbocycles. The van der Waals surface area contributed by atoms with Gasteiger partial charge in [-0.25, -0.2) is 19.4 Å². The van der Waals surface area contributed by atoms with Crippen molar-refractivity contribution in [2.75, 3.05) is 25.9 Å². The molecule has 1 aromatic heterocycles. The van der Waals surface area contributed by atoms with Crippen LogP contribution in [0.15, 0.2) is 10.5 Å². The summed E-state index contributed by atoms with van der Waals surface area (Å²) in [4.78, 5) is 70.3. The van der Waals surface area contributed by atoms with Crippen molar-refractivity contribution in [3.05, 3.63) is 11.1 Å². The van der Waals surface area contributed by atoms with Crippen molar-refractivity contribution in [3.8, 4) is 0 Å². The molecule has 15 nitrogen and oxygen atoms in total. The highest BCUT2D eigenvalue weighted by molar-refractivity contribution is 7.13. The van der Waals surface area contributed by atoms with E-state index in [0.29, 0.717) is 0 Å². The van der Waals surface area contributed by atoms with Crippen LogP contribution in [0.2, 0.25) is 0 Å². The number of rotatable bonds is 6. The second-order valence-corrected chi connectivity index (χ2v) is 7.64. The molecular formula is C16H19N7O8S. The molecule has 0 bridgehead atoms. The zero-order valence-corrected chi connectivity index (χ0v) is 17.4. The van der Waals surface area contributed by atoms with Gasteiger partial charge in [-0.05, 0) is 0 Å². The van der Waals surface area contributed by atoms with Gasteiger partial charge in [0.25, 0.3) is 11.8 Å². The highest BCUT2D eigenvalue weighted by Gasteiger charge is 2.49. The number of nitrogen functional groups attached to an aromatic ring is 1. The van der Waals surface area contributed by atoms with Crippen molar-refractivity contribution in [3.63, 3.8) is 0 Å². The minimum atomic E-state index is -1.32. The van der Waals surface area contributed by atoms with Crippen LogP contribution in [0.1, 0.15) is 12.1 Å². The molecule has 2 aliphatic heterocycles. The monoisotopic (exact) mass is 469 g/mol. The second-order valence-electron chi connectivity index (χ2n) is 6.75. The summed E-state index contributed by atoms with van der Waals surface area (Å²) in [5, 5.41) is 17.0. The number of anilines is 1. The number of ether oxygens (including phenoxy) is 1. The van der Waals surface area contributed by atoms with E-state index in [0.717, 1.165) is 21.1 Å². The topological polar surface area (TPSA) is 220 Å². The lowest BCUT2D eigenvalue weighted by Gasteiger charge is -2.39. The number of urea groups is 1. The molecule has 3 heterocycles. The normalized spacial score (nSPS) is 22.8. The number of hydrogen-bond acceptors (Lipinski definition) is 11. The van der Waals surface area contributed by atoms with Crippen LogP contribution < -0.4 is 16.8 Å². The number of nitrogens with one attached hydrogen (secondary N) is 1. The van der Waals surface area contributed by atoms with Crippen molar-refractivity contribution in [2.45, 2.75) is 24.6 Å². The zero-order valence-electron chi connectivity index (χ0n) is 16.6. The first-order chi connectivity index (χ1) is 15.1. The zero-order chi connectivity index (χ0) is 23.6. The van der Waals surface area contributed by atoms with E-state index in [4.69, 9.17) is 16.2 Å². The first-order valence-electron chi connectivity index (χ1n) is 9.06. The number of carboxylic acid groups (broad SMARTS) is 1. The predicted molar refractivity (Wildman–Crippen MR) is 106 cm³/mol. The van der Waals surface area contributed by atoms with E-state index >= 15 is 0 Å². The smallest absolute Gasteiger partial charge is 0.404 e. The summed E-state index contributed by atoms with van der Waals surface area (Å²) < 4.78 is 4.78. The van der Waals surface area contributed by atoms with Crippen LogP contribution >= 0.6 is 11.3 Å². The average molecular weight is 469 g/mol. The Labute approximate surface area is 183 Å². The molecule has 3 atom stereocenters. The van der Waals surface area contributed by atoms with E-state index in [1.54, 1.807) is 0 Å². The number of carbonyl (C=O) groups excluding carboxylic acids is 4. The van der Waals surface area contributed by atoms with Gasteiger partial charge in [0, 0.05) is 11.8 Å². The van der Waals surface area contributed by atoms with Crippen LogP contribution in [0, 0.1) is 0 Å². The molecule has 5 amide bonds. The maximum absolute atomic E-state index is 12.7. The molecule has 172 valence electrons. The largest absolute Gasteiger partial charge is 0.480 e. The standard InChI is InChI=1S/C16H19N7O8S/c1-30-21-10(8-5-32-14(17)20-8)11(24)19-7-4-23(12(7)25)16(29)22-3-6(31-15(18)28)2-9(22)13(26)27/h5-7,9H,2-4H2,1H3,(H2,17,20)(H2,18,28)(H,19,24)(H,26,27)/t6-,7-,9-/m0/s1. The fourth-order valence-corrected chi connectivity index (χ4v) is 3.82. The first-order valence-corrected chi connectivity index (χ1v) is 9.94. The van der Waals surface area contributed by atoms with E-state index in [9.17, 15) is 29.1 Å². The number of likely N-dealkylation sites (tertiary alicyclic amines) is 2. The Hall–Kier alpha value is -3.95. The highest BCUT2D eigenvalue weighted by atomic mass is 32.1. The first kappa shape index (κ1) is 22.7. The number of nitrogens with two attached hydrogens (primary N) is 2. The number of nitrogens with zero attached hydrogens (tertiary/aromatic N) is 4. The van der Waals surface area contributed by atoms with Gasteiger partial charge in [0.05, 0.1) is 13.1 Å². The van der Waals surface area contributed by atoms with Gasteiger partial charge in [0.15, 0.2) is 10.8 Å². The minimum Gasteiger partial charge on any atom is -0.480 e. The quantitative estimate of drug-likeness (QED) is 0.207. The number of aromatic nitrogens is 1. The molecule has 3 rings (SSSR count). The van der Waals surface area contributed by atoms with Crippen LogP contribution in [-0.2, 0) is 24.0 Å². The summed E-state index contributed by atoms with van der Waals surface area (Å²) in [6, 6.07) is -3.24. The summed E-state index contributed by atoms with van der Waals surface area (Å²) >= 11 is 1.08. The molecule has 0 spiro atoms.